The van der Waals surface area contributed by atoms with Gasteiger partial charge in [0.15, 0.2) is 0 Å². The predicted octanol–water partition coefficient (Wildman–Crippen LogP) is 4.09. The lowest BCUT2D eigenvalue weighted by molar-refractivity contribution is -0.0135. The van der Waals surface area contributed by atoms with Crippen molar-refractivity contribution in [2.24, 2.45) is 0 Å². The van der Waals surface area contributed by atoms with Gasteiger partial charge in [0, 0.05) is 17.0 Å². The number of nitrogens with zero attached hydrogens (tertiary/aromatic N) is 3. The number of amides is 2. The van der Waals surface area contributed by atoms with Crippen molar-refractivity contribution in [3.63, 3.8) is 0 Å². The molecule has 0 spiro atoms. The van der Waals surface area contributed by atoms with Crippen molar-refractivity contribution >= 4 is 34.1 Å². The van der Waals surface area contributed by atoms with Crippen LogP contribution in [0, 0.1) is 0 Å². The molecule has 0 saturated carbocycles. The summed E-state index contributed by atoms with van der Waals surface area (Å²) in [6.45, 7) is 7.72. The maximum atomic E-state index is 12.5. The van der Waals surface area contributed by atoms with Gasteiger partial charge < -0.3 is 9.64 Å². The molecule has 1 saturated heterocycles. The number of urea groups is 1. The lowest BCUT2D eigenvalue weighted by Crippen LogP contribution is -2.44. The SMILES string of the molecule is CC(C)(C)c1nnc(NC(=O)N2CCOC(c3ccc(Cl)cc3)C2)s1. The summed E-state index contributed by atoms with van der Waals surface area (Å²) in [5.74, 6) is 0. The third kappa shape index (κ3) is 4.48. The van der Waals surface area contributed by atoms with Crippen molar-refractivity contribution in [1.82, 2.24) is 15.1 Å². The van der Waals surface area contributed by atoms with E-state index >= 15 is 0 Å². The molecule has 2 aromatic rings. The van der Waals surface area contributed by atoms with Gasteiger partial charge in [-0.1, -0.05) is 55.8 Å². The van der Waals surface area contributed by atoms with Gasteiger partial charge in [-0.05, 0) is 17.7 Å². The van der Waals surface area contributed by atoms with Gasteiger partial charge in [0.1, 0.15) is 11.1 Å². The minimum Gasteiger partial charge on any atom is -0.370 e. The number of carbonyl (C=O) groups excluding carboxylic acids is 1. The zero-order valence-corrected chi connectivity index (χ0v) is 16.0. The zero-order chi connectivity index (χ0) is 18.0. The molecular weight excluding hydrogens is 360 g/mol. The molecule has 1 aliphatic heterocycles. The molecule has 6 nitrogen and oxygen atoms in total. The monoisotopic (exact) mass is 380 g/mol. The molecule has 1 aliphatic rings. The maximum Gasteiger partial charge on any atom is 0.323 e. The summed E-state index contributed by atoms with van der Waals surface area (Å²) >= 11 is 7.33. The first-order valence-corrected chi connectivity index (χ1v) is 9.29. The first-order valence-electron chi connectivity index (χ1n) is 8.10. The van der Waals surface area contributed by atoms with Gasteiger partial charge >= 0.3 is 6.03 Å². The van der Waals surface area contributed by atoms with E-state index in [0.29, 0.717) is 29.9 Å². The van der Waals surface area contributed by atoms with Crippen LogP contribution in [0.4, 0.5) is 9.93 Å². The first kappa shape index (κ1) is 18.1. The summed E-state index contributed by atoms with van der Waals surface area (Å²) in [5, 5.41) is 13.2. The van der Waals surface area contributed by atoms with Crippen LogP contribution in [0.3, 0.4) is 0 Å². The van der Waals surface area contributed by atoms with Crippen LogP contribution in [0.1, 0.15) is 37.4 Å². The maximum absolute atomic E-state index is 12.5. The minimum atomic E-state index is -0.182. The van der Waals surface area contributed by atoms with Gasteiger partial charge in [-0.15, -0.1) is 10.2 Å². The summed E-state index contributed by atoms with van der Waals surface area (Å²) in [4.78, 5) is 14.3. The second kappa shape index (κ2) is 7.27. The molecule has 1 aromatic heterocycles. The average Bonchev–Trinajstić information content (AvgIpc) is 3.04. The Morgan fingerprint density at radius 2 is 2.04 bits per heavy atom. The van der Waals surface area contributed by atoms with Crippen molar-refractivity contribution < 1.29 is 9.53 Å². The van der Waals surface area contributed by atoms with Crippen LogP contribution < -0.4 is 5.32 Å². The summed E-state index contributed by atoms with van der Waals surface area (Å²) in [5.41, 5.74) is 0.923. The lowest BCUT2D eigenvalue weighted by Gasteiger charge is -2.32. The van der Waals surface area contributed by atoms with Gasteiger partial charge in [0.25, 0.3) is 0 Å². The van der Waals surface area contributed by atoms with E-state index in [0.717, 1.165) is 10.6 Å². The number of aromatic nitrogens is 2. The van der Waals surface area contributed by atoms with Crippen LogP contribution in [-0.2, 0) is 10.2 Å². The van der Waals surface area contributed by atoms with Crippen LogP contribution in [0.15, 0.2) is 24.3 Å². The Labute approximate surface area is 156 Å². The number of anilines is 1. The van der Waals surface area contributed by atoms with Crippen LogP contribution >= 0.6 is 22.9 Å². The number of morpholine rings is 1. The third-order valence-corrected chi connectivity index (χ3v) is 5.39. The molecule has 0 bridgehead atoms. The first-order chi connectivity index (χ1) is 11.8. The molecule has 1 N–H and O–H groups in total. The van der Waals surface area contributed by atoms with E-state index in [1.54, 1.807) is 4.90 Å². The van der Waals surface area contributed by atoms with E-state index in [9.17, 15) is 4.79 Å². The number of carbonyl (C=O) groups is 1. The van der Waals surface area contributed by atoms with Crippen LogP contribution in [0.25, 0.3) is 0 Å². The third-order valence-electron chi connectivity index (χ3n) is 3.88. The van der Waals surface area contributed by atoms with E-state index in [1.165, 1.54) is 11.3 Å². The van der Waals surface area contributed by atoms with Gasteiger partial charge in [-0.2, -0.15) is 0 Å². The average molecular weight is 381 g/mol. The molecule has 1 fully saturated rings. The van der Waals surface area contributed by atoms with E-state index in [4.69, 9.17) is 16.3 Å². The molecule has 2 amide bonds. The molecule has 8 heteroatoms. The Balaban J connectivity index is 1.64. The van der Waals surface area contributed by atoms with E-state index in [1.807, 2.05) is 24.3 Å². The number of hydrogen-bond donors (Lipinski definition) is 1. The standard InChI is InChI=1S/C17H21ClN4O2S/c1-17(2,3)14-20-21-15(25-14)19-16(23)22-8-9-24-13(10-22)11-4-6-12(18)7-5-11/h4-7,13H,8-10H2,1-3H3,(H,19,21,23). The second-order valence-corrected chi connectivity index (χ2v) is 8.36. The van der Waals surface area contributed by atoms with Crippen molar-refractivity contribution in [2.75, 3.05) is 25.0 Å². The zero-order valence-electron chi connectivity index (χ0n) is 14.5. The van der Waals surface area contributed by atoms with Gasteiger partial charge in [-0.25, -0.2) is 4.79 Å². The molecule has 1 aromatic carbocycles. The number of halogens is 1. The summed E-state index contributed by atoms with van der Waals surface area (Å²) in [6.07, 6.45) is -0.156. The number of nitrogens with one attached hydrogen (secondary N) is 1. The minimum absolute atomic E-state index is 0.0840. The molecule has 25 heavy (non-hydrogen) atoms. The topological polar surface area (TPSA) is 67.4 Å². The molecular formula is C17H21ClN4O2S. The highest BCUT2D eigenvalue weighted by molar-refractivity contribution is 7.15. The van der Waals surface area contributed by atoms with Crippen LogP contribution in [-0.4, -0.2) is 40.8 Å². The summed E-state index contributed by atoms with van der Waals surface area (Å²) in [6, 6.07) is 7.32. The van der Waals surface area contributed by atoms with Crippen molar-refractivity contribution in [1.29, 1.82) is 0 Å². The normalized spacial score (nSPS) is 18.2. The molecule has 3 rings (SSSR count). The van der Waals surface area contributed by atoms with Gasteiger partial charge in [0.2, 0.25) is 5.13 Å². The Morgan fingerprint density at radius 3 is 2.68 bits per heavy atom. The predicted molar refractivity (Wildman–Crippen MR) is 99.3 cm³/mol. The van der Waals surface area contributed by atoms with Crippen LogP contribution in [0.2, 0.25) is 5.02 Å². The Morgan fingerprint density at radius 1 is 1.32 bits per heavy atom. The fourth-order valence-corrected chi connectivity index (χ4v) is 3.38. The van der Waals surface area contributed by atoms with E-state index in [2.05, 4.69) is 36.3 Å². The number of hydrogen-bond acceptors (Lipinski definition) is 5. The number of rotatable bonds is 2. The molecule has 2 heterocycles. The van der Waals surface area contributed by atoms with Gasteiger partial charge in [-0.3, -0.25) is 5.32 Å². The fourth-order valence-electron chi connectivity index (χ4n) is 2.46. The highest BCUT2D eigenvalue weighted by Crippen LogP contribution is 2.28. The summed E-state index contributed by atoms with van der Waals surface area (Å²) < 4.78 is 5.79. The second-order valence-electron chi connectivity index (χ2n) is 6.95. The highest BCUT2D eigenvalue weighted by atomic mass is 35.5. The lowest BCUT2D eigenvalue weighted by atomic mass is 9.98. The van der Waals surface area contributed by atoms with Crippen molar-refractivity contribution in [3.05, 3.63) is 39.9 Å². The van der Waals surface area contributed by atoms with Gasteiger partial charge in [0.05, 0.1) is 13.2 Å². The van der Waals surface area contributed by atoms with E-state index in [-0.39, 0.29) is 17.6 Å². The molecule has 1 unspecified atom stereocenters. The highest BCUT2D eigenvalue weighted by Gasteiger charge is 2.27. The smallest absolute Gasteiger partial charge is 0.323 e. The Bertz CT molecular complexity index is 742. The molecule has 1 atom stereocenters. The quantitative estimate of drug-likeness (QED) is 0.851. The number of benzene rings is 1. The Hall–Kier alpha value is -1.70. The molecule has 0 radical (unpaired) electrons. The molecule has 134 valence electrons. The number of ether oxygens (including phenoxy) is 1. The Kier molecular flexibility index (Phi) is 5.27. The summed E-state index contributed by atoms with van der Waals surface area (Å²) in [7, 11) is 0. The fraction of sp³-hybridized carbons (Fsp3) is 0.471. The van der Waals surface area contributed by atoms with Crippen molar-refractivity contribution in [3.8, 4) is 0 Å². The molecule has 0 aliphatic carbocycles. The van der Waals surface area contributed by atoms with E-state index < -0.39 is 0 Å². The largest absolute Gasteiger partial charge is 0.370 e. The van der Waals surface area contributed by atoms with Crippen molar-refractivity contribution in [2.45, 2.75) is 32.3 Å². The van der Waals surface area contributed by atoms with Crippen LogP contribution in [0.5, 0.6) is 0 Å².